The third kappa shape index (κ3) is 2.70. The number of aromatic nitrogens is 2. The van der Waals surface area contributed by atoms with Crippen molar-refractivity contribution in [2.45, 2.75) is 39.3 Å². The van der Waals surface area contributed by atoms with E-state index in [0.29, 0.717) is 0 Å². The molecule has 16 heavy (non-hydrogen) atoms. The average molecular weight is 220 g/mol. The summed E-state index contributed by atoms with van der Waals surface area (Å²) in [5.41, 5.74) is 1.03. The molecule has 1 aliphatic rings. The highest BCUT2D eigenvalue weighted by Crippen LogP contribution is 2.27. The average Bonchev–Trinajstić information content (AvgIpc) is 3.09. The third-order valence-corrected chi connectivity index (χ3v) is 2.97. The molecule has 1 aliphatic carbocycles. The lowest BCUT2D eigenvalue weighted by molar-refractivity contribution is 0.262. The van der Waals surface area contributed by atoms with Gasteiger partial charge in [0.1, 0.15) is 11.6 Å². The van der Waals surface area contributed by atoms with Crippen molar-refractivity contribution >= 4 is 5.82 Å². The first kappa shape index (κ1) is 11.3. The van der Waals surface area contributed by atoms with Crippen LogP contribution in [0, 0.1) is 6.92 Å². The Kier molecular flexibility index (Phi) is 3.39. The Labute approximate surface area is 97.1 Å². The Morgan fingerprint density at radius 1 is 1.44 bits per heavy atom. The highest BCUT2D eigenvalue weighted by Gasteiger charge is 2.28. The van der Waals surface area contributed by atoms with E-state index in [2.05, 4.69) is 27.1 Å². The van der Waals surface area contributed by atoms with Crippen molar-refractivity contribution in [2.24, 2.45) is 0 Å². The van der Waals surface area contributed by atoms with Gasteiger partial charge < -0.3 is 5.32 Å². The molecule has 1 aromatic heterocycles. The lowest BCUT2D eigenvalue weighted by Crippen LogP contribution is -2.26. The highest BCUT2D eigenvalue weighted by molar-refractivity contribution is 5.34. The van der Waals surface area contributed by atoms with E-state index in [-0.39, 0.29) is 0 Å². The van der Waals surface area contributed by atoms with Crippen molar-refractivity contribution in [3.8, 4) is 0 Å². The van der Waals surface area contributed by atoms with Crippen molar-refractivity contribution in [3.05, 3.63) is 17.6 Å². The Morgan fingerprint density at radius 2 is 2.19 bits per heavy atom. The van der Waals surface area contributed by atoms with Gasteiger partial charge in [-0.2, -0.15) is 0 Å². The molecule has 1 fully saturated rings. The van der Waals surface area contributed by atoms with E-state index in [9.17, 15) is 0 Å². The van der Waals surface area contributed by atoms with E-state index >= 15 is 0 Å². The Hall–Kier alpha value is -1.16. The predicted molar refractivity (Wildman–Crippen MR) is 65.4 cm³/mol. The second kappa shape index (κ2) is 4.78. The summed E-state index contributed by atoms with van der Waals surface area (Å²) < 4.78 is 0. The monoisotopic (exact) mass is 220 g/mol. The summed E-state index contributed by atoms with van der Waals surface area (Å²) in [4.78, 5) is 11.4. The van der Waals surface area contributed by atoms with E-state index in [1.54, 1.807) is 0 Å². The molecule has 2 rings (SSSR count). The topological polar surface area (TPSA) is 41.1 Å². The fourth-order valence-corrected chi connectivity index (χ4v) is 1.95. The molecule has 0 aromatic carbocycles. The molecule has 88 valence electrons. The standard InChI is InChI=1S/C12H20N4/c1-4-16(10-5-6-10)8-12-14-9(2)7-11(13-3)15-12/h7,10H,4-6,8H2,1-3H3,(H,13,14,15). The van der Waals surface area contributed by atoms with Crippen molar-refractivity contribution < 1.29 is 0 Å². The van der Waals surface area contributed by atoms with Crippen LogP contribution >= 0.6 is 0 Å². The predicted octanol–water partition coefficient (Wildman–Crippen LogP) is 1.81. The number of aryl methyl sites for hydroxylation is 1. The van der Waals surface area contributed by atoms with Gasteiger partial charge in [-0.05, 0) is 26.3 Å². The van der Waals surface area contributed by atoms with Crippen LogP contribution in [0.15, 0.2) is 6.07 Å². The van der Waals surface area contributed by atoms with Gasteiger partial charge in [-0.3, -0.25) is 4.90 Å². The summed E-state index contributed by atoms with van der Waals surface area (Å²) in [5.74, 6) is 1.84. The fraction of sp³-hybridized carbons (Fsp3) is 0.667. The zero-order valence-electron chi connectivity index (χ0n) is 10.3. The zero-order valence-corrected chi connectivity index (χ0v) is 10.3. The van der Waals surface area contributed by atoms with Crippen LogP contribution < -0.4 is 5.32 Å². The van der Waals surface area contributed by atoms with Crippen molar-refractivity contribution in [2.75, 3.05) is 18.9 Å². The van der Waals surface area contributed by atoms with Gasteiger partial charge in [-0.15, -0.1) is 0 Å². The molecule has 0 bridgehead atoms. The largest absolute Gasteiger partial charge is 0.373 e. The van der Waals surface area contributed by atoms with Crippen LogP contribution in [-0.4, -0.2) is 34.5 Å². The van der Waals surface area contributed by atoms with Gasteiger partial charge in [-0.25, -0.2) is 9.97 Å². The summed E-state index contributed by atoms with van der Waals surface area (Å²) in [7, 11) is 1.89. The second-order valence-electron chi connectivity index (χ2n) is 4.36. The maximum Gasteiger partial charge on any atom is 0.144 e. The van der Waals surface area contributed by atoms with E-state index in [1.807, 2.05) is 20.0 Å². The van der Waals surface area contributed by atoms with Crippen LogP contribution in [0.2, 0.25) is 0 Å². The molecule has 0 spiro atoms. The van der Waals surface area contributed by atoms with Crippen LogP contribution in [0.3, 0.4) is 0 Å². The van der Waals surface area contributed by atoms with Gasteiger partial charge in [-0.1, -0.05) is 6.92 Å². The van der Waals surface area contributed by atoms with Crippen LogP contribution in [0.5, 0.6) is 0 Å². The second-order valence-corrected chi connectivity index (χ2v) is 4.36. The van der Waals surface area contributed by atoms with E-state index in [1.165, 1.54) is 12.8 Å². The van der Waals surface area contributed by atoms with Crippen LogP contribution in [-0.2, 0) is 6.54 Å². The molecule has 1 saturated carbocycles. The molecule has 1 aromatic rings. The smallest absolute Gasteiger partial charge is 0.144 e. The molecule has 1 heterocycles. The summed E-state index contributed by atoms with van der Waals surface area (Å²) in [5, 5.41) is 3.07. The number of nitrogens with zero attached hydrogens (tertiary/aromatic N) is 3. The number of hydrogen-bond donors (Lipinski definition) is 1. The zero-order chi connectivity index (χ0) is 11.5. The Balaban J connectivity index is 2.09. The third-order valence-electron chi connectivity index (χ3n) is 2.97. The summed E-state index contributed by atoms with van der Waals surface area (Å²) in [6, 6.07) is 2.74. The van der Waals surface area contributed by atoms with Crippen LogP contribution in [0.25, 0.3) is 0 Å². The van der Waals surface area contributed by atoms with Gasteiger partial charge in [0.05, 0.1) is 6.54 Å². The first-order valence-electron chi connectivity index (χ1n) is 5.99. The van der Waals surface area contributed by atoms with Gasteiger partial charge >= 0.3 is 0 Å². The van der Waals surface area contributed by atoms with E-state index in [0.717, 1.165) is 36.5 Å². The lowest BCUT2D eigenvalue weighted by Gasteiger charge is -2.19. The minimum absolute atomic E-state index is 0.771. The number of rotatable bonds is 5. The summed E-state index contributed by atoms with van der Waals surface area (Å²) in [6.07, 6.45) is 2.66. The normalized spacial score (nSPS) is 15.5. The molecule has 0 saturated heterocycles. The maximum absolute atomic E-state index is 4.49. The molecule has 0 unspecified atom stereocenters. The van der Waals surface area contributed by atoms with Gasteiger partial charge in [0, 0.05) is 24.8 Å². The number of anilines is 1. The van der Waals surface area contributed by atoms with Crippen LogP contribution in [0.4, 0.5) is 5.82 Å². The Bertz CT molecular complexity index is 360. The summed E-state index contributed by atoms with van der Waals surface area (Å²) in [6.45, 7) is 6.17. The van der Waals surface area contributed by atoms with Gasteiger partial charge in [0.15, 0.2) is 0 Å². The minimum Gasteiger partial charge on any atom is -0.373 e. The fourth-order valence-electron chi connectivity index (χ4n) is 1.95. The molecular weight excluding hydrogens is 200 g/mol. The van der Waals surface area contributed by atoms with Gasteiger partial charge in [0.2, 0.25) is 0 Å². The van der Waals surface area contributed by atoms with Crippen molar-refractivity contribution in [1.82, 2.24) is 14.9 Å². The maximum atomic E-state index is 4.49. The van der Waals surface area contributed by atoms with Gasteiger partial charge in [0.25, 0.3) is 0 Å². The molecule has 0 amide bonds. The molecular formula is C12H20N4. The van der Waals surface area contributed by atoms with Crippen molar-refractivity contribution in [3.63, 3.8) is 0 Å². The van der Waals surface area contributed by atoms with Crippen molar-refractivity contribution in [1.29, 1.82) is 0 Å². The quantitative estimate of drug-likeness (QED) is 0.821. The van der Waals surface area contributed by atoms with Crippen LogP contribution in [0.1, 0.15) is 31.3 Å². The molecule has 4 heteroatoms. The molecule has 1 N–H and O–H groups in total. The lowest BCUT2D eigenvalue weighted by atomic mass is 10.3. The SMILES string of the molecule is CCN(Cc1nc(C)cc(NC)n1)C1CC1. The Morgan fingerprint density at radius 3 is 2.75 bits per heavy atom. The van der Waals surface area contributed by atoms with E-state index < -0.39 is 0 Å². The first-order chi connectivity index (χ1) is 7.72. The molecule has 0 radical (unpaired) electrons. The summed E-state index contributed by atoms with van der Waals surface area (Å²) >= 11 is 0. The number of nitrogens with one attached hydrogen (secondary N) is 1. The number of hydrogen-bond acceptors (Lipinski definition) is 4. The molecule has 4 nitrogen and oxygen atoms in total. The molecule has 0 aliphatic heterocycles. The minimum atomic E-state index is 0.771. The highest BCUT2D eigenvalue weighted by atomic mass is 15.2. The van der Waals surface area contributed by atoms with E-state index in [4.69, 9.17) is 0 Å². The first-order valence-corrected chi connectivity index (χ1v) is 5.99. The molecule has 0 atom stereocenters.